The Kier molecular flexibility index (Phi) is 9.53. The number of carbonyl (C=O) groups is 2. The van der Waals surface area contributed by atoms with Gasteiger partial charge in [0.15, 0.2) is 5.72 Å². The summed E-state index contributed by atoms with van der Waals surface area (Å²) >= 11 is 0. The minimum atomic E-state index is -2.32. The number of unbranched alkanes of at least 4 members (excludes halogenated alkanes) is 3. The average Bonchev–Trinajstić information content (AvgIpc) is 2.44. The predicted molar refractivity (Wildman–Crippen MR) is 72.6 cm³/mol. The molecule has 0 spiro atoms. The summed E-state index contributed by atoms with van der Waals surface area (Å²) in [5.41, 5.74) is -2.03. The number of carboxylic acids is 1. The van der Waals surface area contributed by atoms with E-state index in [4.69, 9.17) is 0 Å². The van der Waals surface area contributed by atoms with Crippen molar-refractivity contribution in [3.8, 4) is 0 Å². The molecule has 1 aromatic carbocycles. The fraction of sp³-hybridized carbons (Fsp3) is 0.467. The van der Waals surface area contributed by atoms with Gasteiger partial charge in [0, 0.05) is 12.0 Å². The first-order valence-electron chi connectivity index (χ1n) is 6.81. The van der Waals surface area contributed by atoms with Crippen LogP contribution in [0.3, 0.4) is 0 Å². The molecule has 1 rings (SSSR count). The zero-order chi connectivity index (χ0) is 15.0. The molecule has 0 aliphatic rings. The van der Waals surface area contributed by atoms with Crippen molar-refractivity contribution in [3.05, 3.63) is 35.9 Å². The number of amides is 1. The van der Waals surface area contributed by atoms with E-state index in [1.54, 1.807) is 30.3 Å². The number of hydrogen-bond acceptors (Lipinski definition) is 4. The van der Waals surface area contributed by atoms with Crippen molar-refractivity contribution >= 4 is 11.9 Å². The van der Waals surface area contributed by atoms with Gasteiger partial charge in [0.25, 0.3) is 5.91 Å². The Hall–Kier alpha value is -0.880. The Balaban J connectivity index is 0.00000400. The summed E-state index contributed by atoms with van der Waals surface area (Å²) in [6, 6.07) is 8.15. The maximum absolute atomic E-state index is 11.9. The van der Waals surface area contributed by atoms with Crippen LogP contribution in [0.15, 0.2) is 30.3 Å². The van der Waals surface area contributed by atoms with Crippen LogP contribution in [0.25, 0.3) is 0 Å². The minimum absolute atomic E-state index is 0. The Morgan fingerprint density at radius 1 is 1.19 bits per heavy atom. The van der Waals surface area contributed by atoms with Gasteiger partial charge in [-0.25, -0.2) is 0 Å². The fourth-order valence-electron chi connectivity index (χ4n) is 1.87. The molecule has 0 heterocycles. The Morgan fingerprint density at radius 2 is 1.81 bits per heavy atom. The molecule has 0 aliphatic heterocycles. The van der Waals surface area contributed by atoms with Gasteiger partial charge >= 0.3 is 29.6 Å². The second-order valence-corrected chi connectivity index (χ2v) is 4.78. The molecule has 2 N–H and O–H groups in total. The minimum Gasteiger partial charge on any atom is -0.545 e. The molecule has 110 valence electrons. The van der Waals surface area contributed by atoms with Crippen LogP contribution in [0, 0.1) is 0 Å². The van der Waals surface area contributed by atoms with Gasteiger partial charge in [-0.05, 0) is 18.6 Å². The molecule has 1 unspecified atom stereocenters. The Bertz CT molecular complexity index is 452. The van der Waals surface area contributed by atoms with E-state index in [-0.39, 0.29) is 36.0 Å². The third-order valence-corrected chi connectivity index (χ3v) is 3.09. The summed E-state index contributed by atoms with van der Waals surface area (Å²) in [7, 11) is 0. The van der Waals surface area contributed by atoms with Gasteiger partial charge in [0.2, 0.25) is 0 Å². The molecule has 0 aliphatic carbocycles. The van der Waals surface area contributed by atoms with Crippen LogP contribution in [-0.2, 0) is 4.79 Å². The topological polar surface area (TPSA) is 89.5 Å². The quantitative estimate of drug-likeness (QED) is 0.325. The molecule has 1 atom stereocenters. The van der Waals surface area contributed by atoms with Crippen molar-refractivity contribution < 1.29 is 49.4 Å². The van der Waals surface area contributed by atoms with Crippen LogP contribution in [-0.4, -0.2) is 22.7 Å². The van der Waals surface area contributed by atoms with E-state index in [0.717, 1.165) is 19.3 Å². The summed E-state index contributed by atoms with van der Waals surface area (Å²) in [6.07, 6.45) is 3.20. The molecule has 0 saturated heterocycles. The smallest absolute Gasteiger partial charge is 0.545 e. The van der Waals surface area contributed by atoms with E-state index in [1.807, 2.05) is 6.92 Å². The zero-order valence-electron chi connectivity index (χ0n) is 12.6. The summed E-state index contributed by atoms with van der Waals surface area (Å²) < 4.78 is 0. The number of benzene rings is 1. The van der Waals surface area contributed by atoms with E-state index in [2.05, 4.69) is 5.32 Å². The van der Waals surface area contributed by atoms with Crippen LogP contribution >= 0.6 is 0 Å². The van der Waals surface area contributed by atoms with Crippen molar-refractivity contribution in [3.63, 3.8) is 0 Å². The summed E-state index contributed by atoms with van der Waals surface area (Å²) in [6.45, 7) is 2.03. The van der Waals surface area contributed by atoms with Crippen LogP contribution < -0.4 is 40.0 Å². The molecule has 0 saturated carbocycles. The van der Waals surface area contributed by atoms with Gasteiger partial charge in [-0.2, -0.15) is 0 Å². The van der Waals surface area contributed by atoms with Crippen LogP contribution in [0.5, 0.6) is 0 Å². The molecule has 0 aromatic heterocycles. The van der Waals surface area contributed by atoms with Crippen LogP contribution in [0.4, 0.5) is 0 Å². The van der Waals surface area contributed by atoms with Gasteiger partial charge in [-0.3, -0.25) is 4.79 Å². The van der Waals surface area contributed by atoms with E-state index < -0.39 is 17.6 Å². The second-order valence-electron chi connectivity index (χ2n) is 4.78. The number of hydrogen-bond donors (Lipinski definition) is 2. The fourth-order valence-corrected chi connectivity index (χ4v) is 1.87. The van der Waals surface area contributed by atoms with E-state index in [9.17, 15) is 19.8 Å². The molecular weight excluding hydrogens is 281 g/mol. The normalized spacial score (nSPS) is 12.9. The van der Waals surface area contributed by atoms with Gasteiger partial charge in [0.1, 0.15) is 0 Å². The van der Waals surface area contributed by atoms with Crippen molar-refractivity contribution in [2.24, 2.45) is 0 Å². The number of carbonyl (C=O) groups excluding carboxylic acids is 2. The molecule has 0 radical (unpaired) electrons. The number of nitrogens with one attached hydrogen (secondary N) is 1. The van der Waals surface area contributed by atoms with E-state index in [1.165, 1.54) is 0 Å². The number of rotatable bonds is 8. The number of aliphatic carboxylic acids is 1. The monoisotopic (exact) mass is 301 g/mol. The SMILES string of the molecule is CCCCCCC(O)(NC(=O)c1ccccc1)C(=O)[O-].[Na+]. The zero-order valence-corrected chi connectivity index (χ0v) is 14.6. The van der Waals surface area contributed by atoms with Gasteiger partial charge in [-0.1, -0.05) is 44.4 Å². The summed E-state index contributed by atoms with van der Waals surface area (Å²) in [4.78, 5) is 23.0. The summed E-state index contributed by atoms with van der Waals surface area (Å²) in [5.74, 6) is -2.31. The maximum atomic E-state index is 11.9. The molecule has 21 heavy (non-hydrogen) atoms. The molecule has 0 fully saturated rings. The number of aliphatic hydroxyl groups is 1. The van der Waals surface area contributed by atoms with Gasteiger partial charge in [-0.15, -0.1) is 0 Å². The predicted octanol–water partition coefficient (Wildman–Crippen LogP) is -2.17. The molecule has 5 nitrogen and oxygen atoms in total. The van der Waals surface area contributed by atoms with Crippen molar-refractivity contribution in [1.29, 1.82) is 0 Å². The van der Waals surface area contributed by atoms with E-state index in [0.29, 0.717) is 12.0 Å². The Labute approximate surface area is 147 Å². The molecule has 1 aromatic rings. The summed E-state index contributed by atoms with van der Waals surface area (Å²) in [5, 5.41) is 23.2. The van der Waals surface area contributed by atoms with Crippen molar-refractivity contribution in [2.45, 2.75) is 44.8 Å². The average molecular weight is 301 g/mol. The first-order valence-corrected chi connectivity index (χ1v) is 6.81. The first kappa shape index (κ1) is 20.1. The van der Waals surface area contributed by atoms with Gasteiger partial charge in [0.05, 0.1) is 5.97 Å². The molecule has 1 amide bonds. The molecule has 0 bridgehead atoms. The van der Waals surface area contributed by atoms with Crippen molar-refractivity contribution in [1.82, 2.24) is 5.32 Å². The second kappa shape index (κ2) is 9.95. The standard InChI is InChI=1S/C15H21NO4.Na/c1-2-3-4-8-11-15(20,14(18)19)16-13(17)12-9-6-5-7-10-12;/h5-7,9-10,20H,2-4,8,11H2,1H3,(H,16,17)(H,18,19);/q;+1/p-1. The van der Waals surface area contributed by atoms with Crippen LogP contribution in [0.2, 0.25) is 0 Å². The van der Waals surface area contributed by atoms with Gasteiger partial charge < -0.3 is 20.3 Å². The first-order chi connectivity index (χ1) is 9.49. The molecular formula is C15H20NNaO4. The molecule has 6 heteroatoms. The largest absolute Gasteiger partial charge is 1.00 e. The van der Waals surface area contributed by atoms with Crippen LogP contribution in [0.1, 0.15) is 49.4 Å². The maximum Gasteiger partial charge on any atom is 1.00 e. The Morgan fingerprint density at radius 3 is 2.33 bits per heavy atom. The van der Waals surface area contributed by atoms with Crippen molar-refractivity contribution in [2.75, 3.05) is 0 Å². The third kappa shape index (κ3) is 6.61. The number of carboxylic acid groups (broad SMARTS) is 1. The van der Waals surface area contributed by atoms with E-state index >= 15 is 0 Å². The third-order valence-electron chi connectivity index (χ3n) is 3.09.